The maximum absolute atomic E-state index is 13.6. The topological polar surface area (TPSA) is 65.5 Å². The van der Waals surface area contributed by atoms with Crippen molar-refractivity contribution in [3.8, 4) is 0 Å². The molecular formula is C25H30F3N3O2. The molecule has 5 nitrogen and oxygen atoms in total. The van der Waals surface area contributed by atoms with E-state index in [2.05, 4.69) is 10.3 Å². The number of fused-ring (bicyclic) bond motifs is 1. The number of nitrogens with one attached hydrogen (secondary N) is 1. The van der Waals surface area contributed by atoms with Gasteiger partial charge in [-0.25, -0.2) is 0 Å². The Morgan fingerprint density at radius 3 is 2.58 bits per heavy atom. The summed E-state index contributed by atoms with van der Waals surface area (Å²) in [4.78, 5) is 19.5. The van der Waals surface area contributed by atoms with Gasteiger partial charge in [-0.15, -0.1) is 0 Å². The summed E-state index contributed by atoms with van der Waals surface area (Å²) in [7, 11) is 0. The zero-order chi connectivity index (χ0) is 23.5. The smallest absolute Gasteiger partial charge is 0.385 e. The number of likely N-dealkylation sites (tertiary alicyclic amines) is 1. The Hall–Kier alpha value is -2.45. The van der Waals surface area contributed by atoms with Crippen LogP contribution in [-0.4, -0.2) is 52.2 Å². The van der Waals surface area contributed by atoms with Crippen LogP contribution in [-0.2, 0) is 16.8 Å². The van der Waals surface area contributed by atoms with Crippen molar-refractivity contribution in [3.05, 3.63) is 66.0 Å². The highest BCUT2D eigenvalue weighted by atomic mass is 19.4. The number of pyridine rings is 1. The molecule has 4 atom stereocenters. The molecule has 1 amide bonds. The Kier molecular flexibility index (Phi) is 7.05. The van der Waals surface area contributed by atoms with Gasteiger partial charge in [0.25, 0.3) is 0 Å². The van der Waals surface area contributed by atoms with Gasteiger partial charge in [-0.3, -0.25) is 15.1 Å². The molecule has 2 heterocycles. The van der Waals surface area contributed by atoms with E-state index in [1.807, 2.05) is 30.3 Å². The van der Waals surface area contributed by atoms with Crippen LogP contribution in [0.15, 0.2) is 54.7 Å². The Morgan fingerprint density at radius 1 is 1.15 bits per heavy atom. The van der Waals surface area contributed by atoms with Gasteiger partial charge >= 0.3 is 6.18 Å². The van der Waals surface area contributed by atoms with Crippen molar-refractivity contribution < 1.29 is 23.1 Å². The number of carbonyl (C=O) groups excluding carboxylic acids is 1. The first kappa shape index (κ1) is 23.7. The number of halogens is 3. The lowest BCUT2D eigenvalue weighted by Crippen LogP contribution is -2.62. The number of alkyl halides is 3. The zero-order valence-electron chi connectivity index (χ0n) is 18.5. The Balaban J connectivity index is 1.58. The minimum atomic E-state index is -4.43. The molecule has 1 saturated carbocycles. The number of carbonyl (C=O) groups is 1. The van der Waals surface area contributed by atoms with Gasteiger partial charge in [0.05, 0.1) is 18.2 Å². The number of hydrogen-bond donors (Lipinski definition) is 2. The van der Waals surface area contributed by atoms with Crippen molar-refractivity contribution in [1.82, 2.24) is 15.2 Å². The SMILES string of the molecule is O=C([C@H](Cc1ccccn1)NCC(F)(F)F)N1CC[C@](O)(c2ccccc2)[C@H]2CCCC[C@H]21. The molecule has 2 fully saturated rings. The molecule has 1 aromatic carbocycles. The van der Waals surface area contributed by atoms with Crippen molar-refractivity contribution >= 4 is 5.91 Å². The maximum atomic E-state index is 13.6. The third-order valence-corrected chi connectivity index (χ3v) is 7.02. The molecule has 1 saturated heterocycles. The van der Waals surface area contributed by atoms with Crippen molar-refractivity contribution in [3.63, 3.8) is 0 Å². The monoisotopic (exact) mass is 461 g/mol. The van der Waals surface area contributed by atoms with Crippen LogP contribution >= 0.6 is 0 Å². The molecule has 2 aromatic rings. The van der Waals surface area contributed by atoms with Gasteiger partial charge in [0, 0.05) is 36.8 Å². The second kappa shape index (κ2) is 9.81. The highest BCUT2D eigenvalue weighted by Gasteiger charge is 2.51. The van der Waals surface area contributed by atoms with E-state index in [0.717, 1.165) is 31.2 Å². The van der Waals surface area contributed by atoms with E-state index in [4.69, 9.17) is 0 Å². The van der Waals surface area contributed by atoms with Crippen LogP contribution in [0.3, 0.4) is 0 Å². The van der Waals surface area contributed by atoms with E-state index < -0.39 is 24.4 Å². The maximum Gasteiger partial charge on any atom is 0.401 e. The average molecular weight is 462 g/mol. The first-order chi connectivity index (χ1) is 15.8. The molecule has 1 aromatic heterocycles. The fourth-order valence-electron chi connectivity index (χ4n) is 5.46. The van der Waals surface area contributed by atoms with Gasteiger partial charge in [-0.1, -0.05) is 49.2 Å². The summed E-state index contributed by atoms with van der Waals surface area (Å²) in [6.07, 6.45) is 0.983. The fraction of sp³-hybridized carbons (Fsp3) is 0.520. The van der Waals surface area contributed by atoms with Crippen LogP contribution in [0.5, 0.6) is 0 Å². The lowest BCUT2D eigenvalue weighted by atomic mass is 9.66. The molecule has 4 rings (SSSR count). The van der Waals surface area contributed by atoms with Gasteiger partial charge in [-0.05, 0) is 37.0 Å². The van der Waals surface area contributed by atoms with Gasteiger partial charge in [0.15, 0.2) is 0 Å². The van der Waals surface area contributed by atoms with Gasteiger partial charge in [0.1, 0.15) is 0 Å². The second-order valence-corrected chi connectivity index (χ2v) is 9.10. The van der Waals surface area contributed by atoms with E-state index in [1.165, 1.54) is 0 Å². The molecule has 1 aliphatic heterocycles. The molecule has 178 valence electrons. The van der Waals surface area contributed by atoms with E-state index in [9.17, 15) is 23.1 Å². The lowest BCUT2D eigenvalue weighted by Gasteiger charge is -2.53. The van der Waals surface area contributed by atoms with Crippen molar-refractivity contribution in [1.29, 1.82) is 0 Å². The molecular weight excluding hydrogens is 431 g/mol. The van der Waals surface area contributed by atoms with Gasteiger partial charge < -0.3 is 10.0 Å². The van der Waals surface area contributed by atoms with Crippen molar-refractivity contribution in [2.75, 3.05) is 13.1 Å². The van der Waals surface area contributed by atoms with E-state index >= 15 is 0 Å². The second-order valence-electron chi connectivity index (χ2n) is 9.10. The summed E-state index contributed by atoms with van der Waals surface area (Å²) >= 11 is 0. The van der Waals surface area contributed by atoms with Crippen molar-refractivity contribution in [2.45, 2.75) is 62.4 Å². The third-order valence-electron chi connectivity index (χ3n) is 7.02. The number of nitrogens with zero attached hydrogens (tertiary/aromatic N) is 2. The van der Waals surface area contributed by atoms with Crippen LogP contribution in [0, 0.1) is 5.92 Å². The molecule has 0 unspecified atom stereocenters. The van der Waals surface area contributed by atoms with E-state index in [1.54, 1.807) is 29.3 Å². The third kappa shape index (κ3) is 5.38. The first-order valence-electron chi connectivity index (χ1n) is 11.6. The molecule has 2 N–H and O–H groups in total. The standard InChI is InChI=1S/C25H30F3N3O2/c26-25(27,28)17-30-21(16-19-10-6-7-14-29-19)23(32)31-15-13-24(33,18-8-2-1-3-9-18)20-11-4-5-12-22(20)31/h1-3,6-10,14,20-22,30,33H,4-5,11-13,15-17H2/t20-,21-,22+,24-/m0/s1. The fourth-order valence-corrected chi connectivity index (χ4v) is 5.46. The van der Waals surface area contributed by atoms with Gasteiger partial charge in [-0.2, -0.15) is 13.2 Å². The Labute approximate surface area is 192 Å². The summed E-state index contributed by atoms with van der Waals surface area (Å²) in [5.74, 6) is -0.499. The van der Waals surface area contributed by atoms with Crippen LogP contribution in [0.2, 0.25) is 0 Å². The molecule has 0 bridgehead atoms. The summed E-state index contributed by atoms with van der Waals surface area (Å²) < 4.78 is 38.9. The first-order valence-corrected chi connectivity index (χ1v) is 11.6. The predicted molar refractivity (Wildman–Crippen MR) is 118 cm³/mol. The van der Waals surface area contributed by atoms with Crippen LogP contribution in [0.25, 0.3) is 0 Å². The highest BCUT2D eigenvalue weighted by molar-refractivity contribution is 5.82. The Bertz CT molecular complexity index is 925. The normalized spacial score (nSPS) is 26.5. The summed E-state index contributed by atoms with van der Waals surface area (Å²) in [5.41, 5.74) is 0.358. The number of aliphatic hydroxyl groups is 1. The van der Waals surface area contributed by atoms with Crippen LogP contribution in [0.1, 0.15) is 43.4 Å². The van der Waals surface area contributed by atoms with Gasteiger partial charge in [0.2, 0.25) is 5.91 Å². The number of benzene rings is 1. The average Bonchev–Trinajstić information content (AvgIpc) is 2.82. The van der Waals surface area contributed by atoms with E-state index in [0.29, 0.717) is 18.7 Å². The zero-order valence-corrected chi connectivity index (χ0v) is 18.5. The minimum absolute atomic E-state index is 0.0760. The highest BCUT2D eigenvalue weighted by Crippen LogP contribution is 2.47. The summed E-state index contributed by atoms with van der Waals surface area (Å²) in [6.45, 7) is -0.941. The number of amides is 1. The molecule has 1 aliphatic carbocycles. The van der Waals surface area contributed by atoms with Crippen molar-refractivity contribution in [2.24, 2.45) is 5.92 Å². The number of hydrogen-bond acceptors (Lipinski definition) is 4. The molecule has 2 aliphatic rings. The van der Waals surface area contributed by atoms with Crippen LogP contribution in [0.4, 0.5) is 13.2 Å². The van der Waals surface area contributed by atoms with E-state index in [-0.39, 0.29) is 24.3 Å². The molecule has 33 heavy (non-hydrogen) atoms. The number of rotatable bonds is 6. The predicted octanol–water partition coefficient (Wildman–Crippen LogP) is 3.82. The molecule has 0 radical (unpaired) electrons. The minimum Gasteiger partial charge on any atom is -0.385 e. The molecule has 0 spiro atoms. The summed E-state index contributed by atoms with van der Waals surface area (Å²) in [6, 6.07) is 13.5. The number of piperidine rings is 1. The van der Waals surface area contributed by atoms with Crippen LogP contribution < -0.4 is 5.32 Å². The lowest BCUT2D eigenvalue weighted by molar-refractivity contribution is -0.158. The molecule has 8 heteroatoms. The quantitative estimate of drug-likeness (QED) is 0.687. The Morgan fingerprint density at radius 2 is 1.88 bits per heavy atom. The largest absolute Gasteiger partial charge is 0.401 e. The summed E-state index contributed by atoms with van der Waals surface area (Å²) in [5, 5.41) is 14.1. The number of aromatic nitrogens is 1.